The van der Waals surface area contributed by atoms with Crippen molar-refractivity contribution < 1.29 is 4.39 Å². The molecule has 0 saturated carbocycles. The molecule has 2 aromatic rings. The largest absolute Gasteiger partial charge is 0.207 e. The molecule has 0 aromatic heterocycles. The molecule has 0 spiro atoms. The summed E-state index contributed by atoms with van der Waals surface area (Å²) in [7, 11) is -1.45. The molecule has 0 nitrogen and oxygen atoms in total. The van der Waals surface area contributed by atoms with E-state index in [2.05, 4.69) is 12.1 Å². The Morgan fingerprint density at radius 3 is 2.19 bits per heavy atom. The van der Waals surface area contributed by atoms with Gasteiger partial charge >= 0.3 is 0 Å². The van der Waals surface area contributed by atoms with Gasteiger partial charge in [0.05, 0.1) is 0 Å². The molecule has 82 valence electrons. The van der Waals surface area contributed by atoms with Crippen LogP contribution in [0.3, 0.4) is 0 Å². The van der Waals surface area contributed by atoms with E-state index in [0.29, 0.717) is 0 Å². The molecule has 0 aliphatic rings. The van der Waals surface area contributed by atoms with Crippen molar-refractivity contribution >= 4 is 24.4 Å². The van der Waals surface area contributed by atoms with Crippen molar-refractivity contribution in [3.8, 4) is 0 Å². The first kappa shape index (κ1) is 11.4. The second-order valence-corrected chi connectivity index (χ2v) is 7.30. The Labute approximate surface area is 101 Å². The van der Waals surface area contributed by atoms with Crippen molar-refractivity contribution in [1.29, 1.82) is 0 Å². The van der Waals surface area contributed by atoms with Crippen molar-refractivity contribution in [2.75, 3.05) is 0 Å². The number of halogens is 2. The van der Waals surface area contributed by atoms with Gasteiger partial charge in [-0.2, -0.15) is 11.1 Å². The van der Waals surface area contributed by atoms with E-state index in [1.54, 1.807) is 12.1 Å². The van der Waals surface area contributed by atoms with Crippen LogP contribution in [0.1, 0.15) is 5.56 Å². The van der Waals surface area contributed by atoms with Gasteiger partial charge in [0, 0.05) is 0 Å². The highest BCUT2D eigenvalue weighted by molar-refractivity contribution is 7.13. The zero-order chi connectivity index (χ0) is 11.4. The normalized spacial score (nSPS) is 12.4. The first-order valence-corrected chi connectivity index (χ1v) is 8.33. The van der Waals surface area contributed by atoms with E-state index in [-0.39, 0.29) is 5.82 Å². The molecule has 0 amide bonds. The smallest absolute Gasteiger partial charge is 0.175 e. The van der Waals surface area contributed by atoms with Gasteiger partial charge in [0.1, 0.15) is 5.82 Å². The summed E-state index contributed by atoms with van der Waals surface area (Å²) in [6.45, 7) is 0. The lowest BCUT2D eigenvalue weighted by atomic mass is 10.2. The van der Waals surface area contributed by atoms with Gasteiger partial charge in [-0.15, -0.1) is 0 Å². The average molecular weight is 251 g/mol. The number of benzene rings is 2. The predicted octanol–water partition coefficient (Wildman–Crippen LogP) is 2.78. The molecule has 16 heavy (non-hydrogen) atoms. The summed E-state index contributed by atoms with van der Waals surface area (Å²) >= 11 is 6.43. The third-order valence-corrected chi connectivity index (χ3v) is 5.65. The van der Waals surface area contributed by atoms with Crippen molar-refractivity contribution in [2.45, 2.75) is 6.04 Å². The second kappa shape index (κ2) is 5.28. The van der Waals surface area contributed by atoms with Crippen LogP contribution in [-0.4, -0.2) is 8.11 Å². The number of hydrogen-bond acceptors (Lipinski definition) is 0. The quantitative estimate of drug-likeness (QED) is 0.581. The van der Waals surface area contributed by atoms with Crippen LogP contribution < -0.4 is 5.19 Å². The maximum absolute atomic E-state index is 12.7. The van der Waals surface area contributed by atoms with Crippen LogP contribution in [0.25, 0.3) is 0 Å². The minimum atomic E-state index is -1.45. The topological polar surface area (TPSA) is 0 Å². The lowest BCUT2D eigenvalue weighted by Gasteiger charge is -2.07. The Balaban J connectivity index is 2.08. The molecule has 3 heteroatoms. The number of rotatable bonds is 3. The zero-order valence-electron chi connectivity index (χ0n) is 8.74. The molecule has 2 rings (SSSR count). The highest BCUT2D eigenvalue weighted by atomic mass is 35.6. The molecule has 0 aliphatic heterocycles. The van der Waals surface area contributed by atoms with Crippen LogP contribution in [-0.2, 0) is 6.04 Å². The molecule has 0 aliphatic carbocycles. The van der Waals surface area contributed by atoms with Crippen LogP contribution in [0.5, 0.6) is 0 Å². The molecule has 0 N–H and O–H groups in total. The van der Waals surface area contributed by atoms with Gasteiger partial charge in [0.15, 0.2) is 8.11 Å². The van der Waals surface area contributed by atoms with Gasteiger partial charge in [-0.25, -0.2) is 4.39 Å². The summed E-state index contributed by atoms with van der Waals surface area (Å²) in [6.07, 6.45) is 0. The first-order valence-electron chi connectivity index (χ1n) is 5.19. The highest BCUT2D eigenvalue weighted by Gasteiger charge is 2.10. The van der Waals surface area contributed by atoms with Crippen molar-refractivity contribution in [3.05, 3.63) is 66.0 Å². The van der Waals surface area contributed by atoms with Gasteiger partial charge in [-0.3, -0.25) is 0 Å². The molecular weight excluding hydrogens is 239 g/mol. The summed E-state index contributed by atoms with van der Waals surface area (Å²) in [4.78, 5) is 0. The molecule has 0 bridgehead atoms. The molecule has 0 saturated heterocycles. The lowest BCUT2D eigenvalue weighted by molar-refractivity contribution is 0.627. The Morgan fingerprint density at radius 1 is 0.938 bits per heavy atom. The van der Waals surface area contributed by atoms with Crippen molar-refractivity contribution in [3.63, 3.8) is 0 Å². The standard InChI is InChI=1S/C13H12ClFSi/c14-16(13-4-2-1-3-5-13)10-11-6-8-12(15)9-7-11/h1-9,16H,10H2. The van der Waals surface area contributed by atoms with Crippen molar-refractivity contribution in [2.24, 2.45) is 0 Å². The molecule has 0 heterocycles. The van der Waals surface area contributed by atoms with E-state index >= 15 is 0 Å². The van der Waals surface area contributed by atoms with Gasteiger partial charge < -0.3 is 0 Å². The van der Waals surface area contributed by atoms with Gasteiger partial charge in [0.25, 0.3) is 0 Å². The van der Waals surface area contributed by atoms with E-state index in [9.17, 15) is 4.39 Å². The third kappa shape index (κ3) is 2.94. The minimum Gasteiger partial charge on any atom is -0.207 e. The van der Waals surface area contributed by atoms with Crippen LogP contribution in [0.4, 0.5) is 4.39 Å². The fraction of sp³-hybridized carbons (Fsp3) is 0.0769. The average Bonchev–Trinajstić information content (AvgIpc) is 2.33. The molecular formula is C13H12ClFSi. The van der Waals surface area contributed by atoms with Crippen LogP contribution in [0.15, 0.2) is 54.6 Å². The Hall–Kier alpha value is -1.12. The minimum absolute atomic E-state index is 0.198. The van der Waals surface area contributed by atoms with Crippen molar-refractivity contribution in [1.82, 2.24) is 0 Å². The van der Waals surface area contributed by atoms with E-state index in [0.717, 1.165) is 11.6 Å². The fourth-order valence-electron chi connectivity index (χ4n) is 1.61. The number of hydrogen-bond donors (Lipinski definition) is 0. The maximum Gasteiger partial charge on any atom is 0.175 e. The monoisotopic (exact) mass is 250 g/mol. The van der Waals surface area contributed by atoms with Crippen LogP contribution in [0.2, 0.25) is 0 Å². The molecule has 2 aromatic carbocycles. The summed E-state index contributed by atoms with van der Waals surface area (Å²) < 4.78 is 12.7. The third-order valence-electron chi connectivity index (χ3n) is 2.49. The summed E-state index contributed by atoms with van der Waals surface area (Å²) in [6, 6.07) is 17.6. The molecule has 1 atom stereocenters. The Morgan fingerprint density at radius 2 is 1.56 bits per heavy atom. The lowest BCUT2D eigenvalue weighted by Crippen LogP contribution is -2.26. The summed E-state index contributed by atoms with van der Waals surface area (Å²) in [5, 5.41) is 1.23. The molecule has 0 radical (unpaired) electrons. The van der Waals surface area contributed by atoms with E-state index < -0.39 is 8.11 Å². The predicted molar refractivity (Wildman–Crippen MR) is 69.2 cm³/mol. The fourth-order valence-corrected chi connectivity index (χ4v) is 4.14. The Bertz CT molecular complexity index is 441. The van der Waals surface area contributed by atoms with E-state index in [1.807, 2.05) is 18.2 Å². The maximum atomic E-state index is 12.7. The van der Waals surface area contributed by atoms with E-state index in [4.69, 9.17) is 11.1 Å². The van der Waals surface area contributed by atoms with Gasteiger partial charge in [-0.05, 0) is 28.9 Å². The van der Waals surface area contributed by atoms with Gasteiger partial charge in [-0.1, -0.05) is 42.5 Å². The molecule has 0 fully saturated rings. The van der Waals surface area contributed by atoms with Crippen LogP contribution >= 0.6 is 11.1 Å². The Kier molecular flexibility index (Phi) is 3.75. The highest BCUT2D eigenvalue weighted by Crippen LogP contribution is 2.07. The zero-order valence-corrected chi connectivity index (χ0v) is 10.6. The summed E-state index contributed by atoms with van der Waals surface area (Å²) in [5.74, 6) is -0.198. The van der Waals surface area contributed by atoms with Gasteiger partial charge in [0.2, 0.25) is 0 Å². The van der Waals surface area contributed by atoms with Crippen LogP contribution in [0, 0.1) is 5.82 Å². The first-order chi connectivity index (χ1) is 7.75. The molecule has 1 unspecified atom stereocenters. The van der Waals surface area contributed by atoms with E-state index in [1.165, 1.54) is 17.3 Å². The second-order valence-electron chi connectivity index (χ2n) is 3.71. The SMILES string of the molecule is Fc1ccc(C[SiH](Cl)c2ccccc2)cc1. The summed E-state index contributed by atoms with van der Waals surface area (Å²) in [5.41, 5.74) is 1.11.